The van der Waals surface area contributed by atoms with E-state index >= 15 is 0 Å². The highest BCUT2D eigenvalue weighted by Crippen LogP contribution is 2.31. The summed E-state index contributed by atoms with van der Waals surface area (Å²) < 4.78 is 40.2. The Labute approximate surface area is 136 Å². The van der Waals surface area contributed by atoms with Crippen LogP contribution >= 0.6 is 0 Å². The van der Waals surface area contributed by atoms with E-state index in [0.717, 1.165) is 12.1 Å². The predicted octanol–water partition coefficient (Wildman–Crippen LogP) is 4.10. The second-order valence-electron chi connectivity index (χ2n) is 5.18. The third kappa shape index (κ3) is 3.33. The van der Waals surface area contributed by atoms with Crippen LogP contribution in [0, 0.1) is 25.2 Å². The molecule has 2 aromatic rings. The van der Waals surface area contributed by atoms with Gasteiger partial charge in [-0.25, -0.2) is 4.79 Å². The molecule has 24 heavy (non-hydrogen) atoms. The van der Waals surface area contributed by atoms with Crippen LogP contribution < -0.4 is 0 Å². The largest absolute Gasteiger partial charge is 0.477 e. The van der Waals surface area contributed by atoms with E-state index in [9.17, 15) is 18.0 Å². The van der Waals surface area contributed by atoms with E-state index < -0.39 is 23.3 Å². The second kappa shape index (κ2) is 6.24. The maximum atomic E-state index is 12.9. The van der Waals surface area contributed by atoms with Gasteiger partial charge in [0, 0.05) is 17.1 Å². The summed E-state index contributed by atoms with van der Waals surface area (Å²) in [5.41, 5.74) is 0.728. The maximum absolute atomic E-state index is 12.9. The van der Waals surface area contributed by atoms with Crippen molar-refractivity contribution in [2.45, 2.75) is 20.0 Å². The van der Waals surface area contributed by atoms with E-state index in [-0.39, 0.29) is 0 Å². The molecule has 7 heteroatoms. The molecule has 1 heterocycles. The highest BCUT2D eigenvalue weighted by molar-refractivity contribution is 5.96. The van der Waals surface area contributed by atoms with E-state index in [4.69, 9.17) is 10.4 Å². The zero-order valence-corrected chi connectivity index (χ0v) is 12.8. The molecule has 0 unspecified atom stereocenters. The minimum Gasteiger partial charge on any atom is -0.477 e. The van der Waals surface area contributed by atoms with Crippen molar-refractivity contribution in [3.05, 3.63) is 58.4 Å². The Bertz CT molecular complexity index is 871. The van der Waals surface area contributed by atoms with E-state index in [1.54, 1.807) is 30.6 Å². The number of nitriles is 1. The zero-order valence-electron chi connectivity index (χ0n) is 12.8. The molecule has 0 radical (unpaired) electrons. The summed E-state index contributed by atoms with van der Waals surface area (Å²) in [7, 11) is 0. The summed E-state index contributed by atoms with van der Waals surface area (Å²) >= 11 is 0. The van der Waals surface area contributed by atoms with E-state index in [2.05, 4.69) is 0 Å². The third-order valence-electron chi connectivity index (χ3n) is 3.55. The molecule has 0 aliphatic heterocycles. The molecule has 0 spiro atoms. The summed E-state index contributed by atoms with van der Waals surface area (Å²) in [6.07, 6.45) is -3.25. The van der Waals surface area contributed by atoms with Crippen LogP contribution in [0.1, 0.15) is 22.5 Å². The van der Waals surface area contributed by atoms with Crippen molar-refractivity contribution >= 4 is 12.0 Å². The van der Waals surface area contributed by atoms with Crippen LogP contribution in [0.2, 0.25) is 0 Å². The number of rotatable bonds is 3. The number of aromatic nitrogens is 1. The SMILES string of the molecule is Cc1cc(C=C(C#N)C(=O)O)c(C)n1-c1cccc(C(F)(F)F)c1. The minimum atomic E-state index is -4.45. The summed E-state index contributed by atoms with van der Waals surface area (Å²) in [6.45, 7) is 3.34. The zero-order chi connectivity index (χ0) is 18.1. The number of hydrogen-bond acceptors (Lipinski definition) is 2. The number of carbonyl (C=O) groups is 1. The van der Waals surface area contributed by atoms with Crippen LogP contribution in [0.5, 0.6) is 0 Å². The van der Waals surface area contributed by atoms with Gasteiger partial charge in [0.25, 0.3) is 0 Å². The molecular weight excluding hydrogens is 321 g/mol. The lowest BCUT2D eigenvalue weighted by Crippen LogP contribution is -2.07. The summed E-state index contributed by atoms with van der Waals surface area (Å²) in [5.74, 6) is -1.36. The number of alkyl halides is 3. The van der Waals surface area contributed by atoms with Gasteiger partial charge in [0.1, 0.15) is 11.6 Å². The third-order valence-corrected chi connectivity index (χ3v) is 3.55. The highest BCUT2D eigenvalue weighted by atomic mass is 19.4. The monoisotopic (exact) mass is 334 g/mol. The average Bonchev–Trinajstić information content (AvgIpc) is 2.77. The molecule has 0 aliphatic carbocycles. The van der Waals surface area contributed by atoms with Crippen molar-refractivity contribution in [2.24, 2.45) is 0 Å². The molecule has 0 amide bonds. The lowest BCUT2D eigenvalue weighted by molar-refractivity contribution is -0.137. The first-order valence-corrected chi connectivity index (χ1v) is 6.87. The Kier molecular flexibility index (Phi) is 4.51. The van der Waals surface area contributed by atoms with E-state index in [1.807, 2.05) is 0 Å². The van der Waals surface area contributed by atoms with E-state index in [1.165, 1.54) is 18.2 Å². The average molecular weight is 334 g/mol. The van der Waals surface area contributed by atoms with Gasteiger partial charge < -0.3 is 9.67 Å². The molecule has 0 saturated carbocycles. The van der Waals surface area contributed by atoms with Gasteiger partial charge in [0.05, 0.1) is 5.56 Å². The van der Waals surface area contributed by atoms with Crippen molar-refractivity contribution in [2.75, 3.05) is 0 Å². The molecule has 1 aromatic carbocycles. The quantitative estimate of drug-likeness (QED) is 0.679. The van der Waals surface area contributed by atoms with Crippen molar-refractivity contribution in [1.29, 1.82) is 5.26 Å². The lowest BCUT2D eigenvalue weighted by Gasteiger charge is -2.13. The van der Waals surface area contributed by atoms with Gasteiger partial charge in [-0.1, -0.05) is 6.07 Å². The normalized spacial score (nSPS) is 12.1. The first kappa shape index (κ1) is 17.3. The highest BCUT2D eigenvalue weighted by Gasteiger charge is 2.30. The number of carboxylic acids is 1. The number of aliphatic carboxylic acids is 1. The number of halogens is 3. The Hall–Kier alpha value is -3.01. The molecule has 0 fully saturated rings. The molecular formula is C17H13F3N2O2. The molecule has 1 aromatic heterocycles. The Morgan fingerprint density at radius 1 is 1.29 bits per heavy atom. The number of carboxylic acid groups (broad SMARTS) is 1. The topological polar surface area (TPSA) is 66.0 Å². The fourth-order valence-corrected chi connectivity index (χ4v) is 2.45. The molecule has 0 bridgehead atoms. The Morgan fingerprint density at radius 2 is 1.96 bits per heavy atom. The number of benzene rings is 1. The number of nitrogens with zero attached hydrogens (tertiary/aromatic N) is 2. The fraction of sp³-hybridized carbons (Fsp3) is 0.176. The molecule has 0 saturated heterocycles. The van der Waals surface area contributed by atoms with Crippen molar-refractivity contribution in [3.8, 4) is 11.8 Å². The number of aryl methyl sites for hydroxylation is 1. The van der Waals surface area contributed by atoms with Crippen LogP contribution in [0.15, 0.2) is 35.9 Å². The van der Waals surface area contributed by atoms with Gasteiger partial charge >= 0.3 is 12.1 Å². The molecule has 1 N–H and O–H groups in total. The van der Waals surface area contributed by atoms with Gasteiger partial charge in [-0.2, -0.15) is 18.4 Å². The van der Waals surface area contributed by atoms with Crippen LogP contribution in [0.3, 0.4) is 0 Å². The number of hydrogen-bond donors (Lipinski definition) is 1. The van der Waals surface area contributed by atoms with Crippen LogP contribution in [0.25, 0.3) is 11.8 Å². The van der Waals surface area contributed by atoms with Crippen molar-refractivity contribution in [3.63, 3.8) is 0 Å². The summed E-state index contributed by atoms with van der Waals surface area (Å²) in [6, 6.07) is 8.05. The summed E-state index contributed by atoms with van der Waals surface area (Å²) in [4.78, 5) is 10.9. The lowest BCUT2D eigenvalue weighted by atomic mass is 10.1. The maximum Gasteiger partial charge on any atom is 0.416 e. The van der Waals surface area contributed by atoms with Gasteiger partial charge in [-0.15, -0.1) is 0 Å². The predicted molar refractivity (Wildman–Crippen MR) is 81.5 cm³/mol. The van der Waals surface area contributed by atoms with Gasteiger partial charge in [0.15, 0.2) is 0 Å². The van der Waals surface area contributed by atoms with E-state index in [0.29, 0.717) is 22.6 Å². The molecule has 0 aliphatic rings. The Morgan fingerprint density at radius 3 is 2.50 bits per heavy atom. The first-order valence-electron chi connectivity index (χ1n) is 6.87. The smallest absolute Gasteiger partial charge is 0.416 e. The molecule has 124 valence electrons. The molecule has 2 rings (SSSR count). The van der Waals surface area contributed by atoms with Crippen LogP contribution in [-0.2, 0) is 11.0 Å². The van der Waals surface area contributed by atoms with Gasteiger partial charge in [-0.05, 0) is 49.8 Å². The molecule has 4 nitrogen and oxygen atoms in total. The fourth-order valence-electron chi connectivity index (χ4n) is 2.45. The summed E-state index contributed by atoms with van der Waals surface area (Å²) in [5, 5.41) is 17.8. The van der Waals surface area contributed by atoms with Gasteiger partial charge in [0.2, 0.25) is 0 Å². The van der Waals surface area contributed by atoms with Crippen LogP contribution in [-0.4, -0.2) is 15.6 Å². The van der Waals surface area contributed by atoms with Crippen molar-refractivity contribution < 1.29 is 23.1 Å². The van der Waals surface area contributed by atoms with Crippen LogP contribution in [0.4, 0.5) is 13.2 Å². The first-order chi connectivity index (χ1) is 11.1. The second-order valence-corrected chi connectivity index (χ2v) is 5.18. The molecule has 0 atom stereocenters. The standard InChI is InChI=1S/C17H13F3N2O2/c1-10-6-12(7-13(9-21)16(23)24)11(2)22(10)15-5-3-4-14(8-15)17(18,19)20/h3-8H,1-2H3,(H,23,24). The Balaban J connectivity index is 2.59. The van der Waals surface area contributed by atoms with Gasteiger partial charge in [-0.3, -0.25) is 0 Å². The minimum absolute atomic E-state index is 0.313. The van der Waals surface area contributed by atoms with Crippen molar-refractivity contribution in [1.82, 2.24) is 4.57 Å².